The maximum Gasteiger partial charge on any atom is 0.324 e. The van der Waals surface area contributed by atoms with Gasteiger partial charge in [-0.25, -0.2) is 9.30 Å². The molecule has 1 atom stereocenters. The van der Waals surface area contributed by atoms with Crippen LogP contribution in [0, 0.1) is 25.0 Å². The van der Waals surface area contributed by atoms with Crippen LogP contribution in [0.5, 0.6) is 11.5 Å². The summed E-state index contributed by atoms with van der Waals surface area (Å²) in [6.45, 7) is 6.89. The van der Waals surface area contributed by atoms with Crippen molar-refractivity contribution >= 4 is 11.9 Å². The second-order valence-corrected chi connectivity index (χ2v) is 9.21. The van der Waals surface area contributed by atoms with Crippen molar-refractivity contribution < 1.29 is 33.3 Å². The Morgan fingerprint density at radius 2 is 1.61 bits per heavy atom. The predicted octanol–water partition coefficient (Wildman–Crippen LogP) is 3.39. The molecule has 0 spiro atoms. The number of imidazole rings is 1. The number of methoxy groups -OCH3 is 2. The monoisotopic (exact) mass is 494 g/mol. The van der Waals surface area contributed by atoms with Crippen molar-refractivity contribution in [3.63, 3.8) is 0 Å². The normalized spacial score (nSPS) is 16.3. The third-order valence-electron chi connectivity index (χ3n) is 6.48. The summed E-state index contributed by atoms with van der Waals surface area (Å²) >= 11 is 0. The Kier molecular flexibility index (Phi) is 6.67. The largest absolute Gasteiger partial charge is 0.711 e. The number of hydrogen-bond donors (Lipinski definition) is 0. The molecule has 1 aliphatic rings. The highest BCUT2D eigenvalue weighted by molar-refractivity contribution is 5.98. The number of hydrogen-bond acceptors (Lipinski definition) is 7. The molecule has 0 aliphatic carbocycles. The Hall–Kier alpha value is -4.01. The van der Waals surface area contributed by atoms with E-state index in [-0.39, 0.29) is 5.82 Å². The zero-order valence-electron chi connectivity index (χ0n) is 21.2. The molecule has 1 saturated heterocycles. The van der Waals surface area contributed by atoms with E-state index in [1.165, 1.54) is 28.1 Å². The molecule has 0 saturated carbocycles. The van der Waals surface area contributed by atoms with Crippen LogP contribution >= 0.6 is 0 Å². The number of aromatic nitrogens is 2. The highest BCUT2D eigenvalue weighted by Gasteiger charge is 2.52. The van der Waals surface area contributed by atoms with E-state index < -0.39 is 29.6 Å². The van der Waals surface area contributed by atoms with E-state index in [2.05, 4.69) is 0 Å². The highest BCUT2D eigenvalue weighted by atomic mass is 16.7. The molecule has 190 valence electrons. The summed E-state index contributed by atoms with van der Waals surface area (Å²) in [5, 5.41) is 13.6. The lowest BCUT2D eigenvalue weighted by atomic mass is 9.84. The maximum absolute atomic E-state index is 13.6. The van der Waals surface area contributed by atoms with Gasteiger partial charge in [-0.2, -0.15) is 0 Å². The van der Waals surface area contributed by atoms with Crippen molar-refractivity contribution in [1.29, 1.82) is 0 Å². The molecule has 9 nitrogen and oxygen atoms in total. The van der Waals surface area contributed by atoms with Crippen LogP contribution in [-0.2, 0) is 25.6 Å². The van der Waals surface area contributed by atoms with Crippen LogP contribution in [0.15, 0.2) is 48.5 Å². The van der Waals surface area contributed by atoms with E-state index in [1.807, 2.05) is 41.8 Å². The number of carbonyl (C=O) groups is 2. The quantitative estimate of drug-likeness (QED) is 0.215. The van der Waals surface area contributed by atoms with Crippen LogP contribution < -0.4 is 14.2 Å². The number of benzene rings is 2. The van der Waals surface area contributed by atoms with Gasteiger partial charge in [-0.1, -0.05) is 36.4 Å². The first kappa shape index (κ1) is 25.1. The molecule has 2 aromatic carbocycles. The zero-order chi connectivity index (χ0) is 26.2. The Morgan fingerprint density at radius 3 is 2.19 bits per heavy atom. The Balaban J connectivity index is 1.96. The first-order valence-corrected chi connectivity index (χ1v) is 11.6. The summed E-state index contributed by atoms with van der Waals surface area (Å²) in [7, 11) is 3.00. The lowest BCUT2D eigenvalue weighted by Crippen LogP contribution is -2.50. The van der Waals surface area contributed by atoms with Crippen molar-refractivity contribution in [2.45, 2.75) is 45.9 Å². The third-order valence-corrected chi connectivity index (χ3v) is 6.48. The molecule has 1 aliphatic heterocycles. The Bertz CT molecular complexity index is 1280. The van der Waals surface area contributed by atoms with Crippen molar-refractivity contribution in [1.82, 2.24) is 4.57 Å². The molecule has 9 heteroatoms. The summed E-state index contributed by atoms with van der Waals surface area (Å²) in [5.74, 6) is -4.27. The maximum atomic E-state index is 13.6. The summed E-state index contributed by atoms with van der Waals surface area (Å²) in [6.07, 6.45) is 0. The van der Waals surface area contributed by atoms with Gasteiger partial charge in [-0.3, -0.25) is 9.59 Å². The van der Waals surface area contributed by atoms with Crippen LogP contribution in [0.25, 0.3) is 0 Å². The van der Waals surface area contributed by atoms with E-state index in [0.29, 0.717) is 35.0 Å². The molecule has 2 heterocycles. The minimum atomic E-state index is -1.40. The second kappa shape index (κ2) is 9.56. The van der Waals surface area contributed by atoms with Gasteiger partial charge >= 0.3 is 11.9 Å². The van der Waals surface area contributed by atoms with Crippen LogP contribution in [0.3, 0.4) is 0 Å². The average Bonchev–Trinajstić information content (AvgIpc) is 3.04. The molecule has 0 radical (unpaired) electrons. The summed E-state index contributed by atoms with van der Waals surface area (Å²) in [5.41, 5.74) is 2.64. The van der Waals surface area contributed by atoms with Crippen molar-refractivity contribution in [2.75, 3.05) is 14.2 Å². The van der Waals surface area contributed by atoms with Gasteiger partial charge in [0.05, 0.1) is 14.2 Å². The third kappa shape index (κ3) is 4.48. The number of rotatable bonds is 7. The summed E-state index contributed by atoms with van der Waals surface area (Å²) < 4.78 is 24.4. The first-order valence-electron chi connectivity index (χ1n) is 11.6. The van der Waals surface area contributed by atoms with Gasteiger partial charge in [0.1, 0.15) is 23.9 Å². The number of carbonyl (C=O) groups excluding carboxylic acids is 2. The predicted molar refractivity (Wildman–Crippen MR) is 130 cm³/mol. The second-order valence-electron chi connectivity index (χ2n) is 9.21. The fourth-order valence-corrected chi connectivity index (χ4v) is 4.59. The molecule has 0 unspecified atom stereocenters. The van der Waals surface area contributed by atoms with E-state index in [0.717, 1.165) is 10.3 Å². The Morgan fingerprint density at radius 1 is 1.00 bits per heavy atom. The van der Waals surface area contributed by atoms with Gasteiger partial charge in [0.15, 0.2) is 17.4 Å². The smallest absolute Gasteiger partial charge is 0.324 e. The lowest BCUT2D eigenvalue weighted by molar-refractivity contribution is -0.621. The van der Waals surface area contributed by atoms with E-state index in [9.17, 15) is 14.8 Å². The number of cyclic esters (lactones) is 2. The van der Waals surface area contributed by atoms with Gasteiger partial charge in [0.25, 0.3) is 11.6 Å². The molecule has 0 amide bonds. The van der Waals surface area contributed by atoms with Crippen LogP contribution in [0.4, 0.5) is 0 Å². The molecule has 36 heavy (non-hydrogen) atoms. The number of nitrogens with zero attached hydrogens (tertiary/aromatic N) is 2. The van der Waals surface area contributed by atoms with Crippen molar-refractivity contribution in [3.05, 3.63) is 82.1 Å². The van der Waals surface area contributed by atoms with Crippen molar-refractivity contribution in [3.8, 4) is 11.5 Å². The SMILES string of the molecule is COc1ccc([C@@H](c2n(Cc3ccccc3)c(C)c(C)[n+]2[O-])C2C(=O)OC(C)(C)OC2=O)cc1OC. The lowest BCUT2D eigenvalue weighted by Gasteiger charge is -2.35. The molecular formula is C27H30N2O7. The van der Waals surface area contributed by atoms with Crippen molar-refractivity contribution in [2.24, 2.45) is 5.92 Å². The fourth-order valence-electron chi connectivity index (χ4n) is 4.59. The van der Waals surface area contributed by atoms with Gasteiger partial charge in [0.2, 0.25) is 0 Å². The zero-order valence-corrected chi connectivity index (χ0v) is 21.2. The van der Waals surface area contributed by atoms with Gasteiger partial charge in [-0.05, 0) is 23.3 Å². The molecule has 0 bridgehead atoms. The minimum Gasteiger partial charge on any atom is -0.711 e. The van der Waals surface area contributed by atoms with Gasteiger partial charge in [-0.15, -0.1) is 0 Å². The molecule has 4 rings (SSSR count). The number of ether oxygens (including phenoxy) is 4. The van der Waals surface area contributed by atoms with E-state index in [4.69, 9.17) is 18.9 Å². The molecule has 3 aromatic rings. The standard InChI is InChI=1S/C27H30N2O7/c1-16-17(2)29(32)24(28(16)15-18-10-8-7-9-11-18)22(19-12-13-20(33-5)21(14-19)34-6)23-25(30)35-27(3,4)36-26(23)31/h7-14,22-23H,15H2,1-6H3/t22-/m1/s1. The van der Waals surface area contributed by atoms with Gasteiger partial charge in [0, 0.05) is 27.7 Å². The van der Waals surface area contributed by atoms with Crippen LogP contribution in [0.1, 0.15) is 48.1 Å². The fraction of sp³-hybridized carbons (Fsp3) is 0.370. The van der Waals surface area contributed by atoms with Crippen LogP contribution in [-0.4, -0.2) is 36.5 Å². The molecular weight excluding hydrogens is 464 g/mol. The first-order chi connectivity index (χ1) is 17.1. The summed E-state index contributed by atoms with van der Waals surface area (Å²) in [6, 6.07) is 14.7. The molecule has 1 fully saturated rings. The molecule has 0 N–H and O–H groups in total. The number of esters is 2. The van der Waals surface area contributed by atoms with E-state index in [1.54, 1.807) is 25.1 Å². The van der Waals surface area contributed by atoms with Crippen LogP contribution in [0.2, 0.25) is 0 Å². The minimum absolute atomic E-state index is 0.222. The Labute approximate surface area is 209 Å². The highest BCUT2D eigenvalue weighted by Crippen LogP contribution is 2.40. The van der Waals surface area contributed by atoms with Gasteiger partial charge < -0.3 is 24.2 Å². The average molecular weight is 495 g/mol. The topological polar surface area (TPSA) is 103 Å². The molecule has 1 aromatic heterocycles. The summed E-state index contributed by atoms with van der Waals surface area (Å²) in [4.78, 5) is 26.5. The van der Waals surface area contributed by atoms with E-state index >= 15 is 0 Å².